The third-order valence-corrected chi connectivity index (χ3v) is 3.14. The van der Waals surface area contributed by atoms with Crippen molar-refractivity contribution in [2.45, 2.75) is 59.0 Å². The first-order valence-corrected chi connectivity index (χ1v) is 7.12. The van der Waals surface area contributed by atoms with E-state index in [0.717, 1.165) is 19.7 Å². The van der Waals surface area contributed by atoms with Crippen LogP contribution in [0.3, 0.4) is 0 Å². The minimum absolute atomic E-state index is 0.497. The molecule has 0 aliphatic rings. The fraction of sp³-hybridized carbons (Fsp3) is 1.00. The number of unbranched alkanes of at least 4 members (excludes halogenated alkanes) is 2. The van der Waals surface area contributed by atoms with Gasteiger partial charge in [0.2, 0.25) is 0 Å². The fourth-order valence-electron chi connectivity index (χ4n) is 2.18. The third kappa shape index (κ3) is 7.74. The predicted molar refractivity (Wildman–Crippen MR) is 75.6 cm³/mol. The van der Waals surface area contributed by atoms with Gasteiger partial charge >= 0.3 is 0 Å². The summed E-state index contributed by atoms with van der Waals surface area (Å²) in [5.41, 5.74) is 0. The first kappa shape index (κ1) is 16.9. The molecule has 0 fully saturated rings. The Bertz CT molecular complexity index is 162. The third-order valence-electron chi connectivity index (χ3n) is 3.14. The van der Waals surface area contributed by atoms with Crippen LogP contribution in [0.4, 0.5) is 0 Å². The molecular formula is C14H32N2O. The van der Waals surface area contributed by atoms with E-state index in [-0.39, 0.29) is 0 Å². The van der Waals surface area contributed by atoms with Crippen molar-refractivity contribution in [3.8, 4) is 0 Å². The van der Waals surface area contributed by atoms with Gasteiger partial charge in [0.1, 0.15) is 0 Å². The van der Waals surface area contributed by atoms with Gasteiger partial charge in [-0.1, -0.05) is 26.7 Å². The molecule has 0 aliphatic heterocycles. The van der Waals surface area contributed by atoms with Crippen molar-refractivity contribution in [2.24, 2.45) is 0 Å². The van der Waals surface area contributed by atoms with E-state index >= 15 is 0 Å². The highest BCUT2D eigenvalue weighted by atomic mass is 16.5. The highest BCUT2D eigenvalue weighted by Gasteiger charge is 2.20. The van der Waals surface area contributed by atoms with Crippen LogP contribution in [0.25, 0.3) is 0 Å². The number of hydrogen-bond donors (Lipinski definition) is 1. The Labute approximate surface area is 108 Å². The Morgan fingerprint density at radius 2 is 1.88 bits per heavy atom. The molecule has 0 aromatic carbocycles. The molecule has 0 radical (unpaired) electrons. The number of hydrogen-bond acceptors (Lipinski definition) is 3. The smallest absolute Gasteiger partial charge is 0.0630 e. The van der Waals surface area contributed by atoms with Gasteiger partial charge in [0.05, 0.1) is 6.61 Å². The lowest BCUT2D eigenvalue weighted by molar-refractivity contribution is 0.0684. The van der Waals surface area contributed by atoms with E-state index in [9.17, 15) is 0 Å². The number of nitrogens with zero attached hydrogens (tertiary/aromatic N) is 1. The molecule has 104 valence electrons. The molecule has 0 amide bonds. The Morgan fingerprint density at radius 3 is 2.35 bits per heavy atom. The fourth-order valence-corrected chi connectivity index (χ4v) is 2.18. The van der Waals surface area contributed by atoms with Crippen molar-refractivity contribution >= 4 is 0 Å². The van der Waals surface area contributed by atoms with Gasteiger partial charge in [0.25, 0.3) is 0 Å². The van der Waals surface area contributed by atoms with Crippen LogP contribution in [-0.4, -0.2) is 50.3 Å². The molecule has 0 heterocycles. The van der Waals surface area contributed by atoms with E-state index in [4.69, 9.17) is 4.74 Å². The molecule has 0 rings (SSSR count). The van der Waals surface area contributed by atoms with Crippen molar-refractivity contribution in [1.82, 2.24) is 10.2 Å². The molecule has 0 spiro atoms. The van der Waals surface area contributed by atoms with E-state index < -0.39 is 0 Å². The number of nitrogens with one attached hydrogen (secondary N) is 1. The van der Waals surface area contributed by atoms with Crippen LogP contribution in [0, 0.1) is 0 Å². The molecule has 0 saturated heterocycles. The number of likely N-dealkylation sites (N-methyl/N-ethyl adjacent to an activating group) is 1. The van der Waals surface area contributed by atoms with Crippen LogP contribution >= 0.6 is 0 Å². The number of ether oxygens (including phenoxy) is 1. The molecule has 17 heavy (non-hydrogen) atoms. The van der Waals surface area contributed by atoms with Crippen molar-refractivity contribution in [3.05, 3.63) is 0 Å². The molecule has 0 saturated carbocycles. The molecule has 3 nitrogen and oxygen atoms in total. The van der Waals surface area contributed by atoms with Crippen molar-refractivity contribution in [1.29, 1.82) is 0 Å². The van der Waals surface area contributed by atoms with Crippen LogP contribution in [0.5, 0.6) is 0 Å². The number of rotatable bonds is 11. The van der Waals surface area contributed by atoms with Gasteiger partial charge in [0, 0.05) is 25.7 Å². The van der Waals surface area contributed by atoms with Crippen LogP contribution in [0.15, 0.2) is 0 Å². The summed E-state index contributed by atoms with van der Waals surface area (Å²) in [6.07, 6.45) is 3.90. The van der Waals surface area contributed by atoms with E-state index in [2.05, 4.69) is 37.9 Å². The molecule has 0 bridgehead atoms. The van der Waals surface area contributed by atoms with Gasteiger partial charge in [0.15, 0.2) is 0 Å². The highest BCUT2D eigenvalue weighted by molar-refractivity contribution is 4.76. The molecule has 1 atom stereocenters. The van der Waals surface area contributed by atoms with Gasteiger partial charge < -0.3 is 10.1 Å². The standard InChI is InChI=1S/C14H32N2O/c1-6-8-9-10-16(13(3)4)14(12-17-5)11-15-7-2/h13-15H,6-12H2,1-5H3. The second-order valence-corrected chi connectivity index (χ2v) is 4.96. The van der Waals surface area contributed by atoms with E-state index in [1.165, 1.54) is 25.8 Å². The monoisotopic (exact) mass is 244 g/mol. The molecule has 0 aromatic rings. The van der Waals surface area contributed by atoms with E-state index in [1.807, 2.05) is 0 Å². The number of methoxy groups -OCH3 is 1. The Balaban J connectivity index is 4.25. The van der Waals surface area contributed by atoms with Crippen LogP contribution in [0.1, 0.15) is 47.0 Å². The van der Waals surface area contributed by atoms with Gasteiger partial charge in [-0.3, -0.25) is 4.90 Å². The average molecular weight is 244 g/mol. The van der Waals surface area contributed by atoms with Crippen molar-refractivity contribution in [3.63, 3.8) is 0 Å². The lowest BCUT2D eigenvalue weighted by Gasteiger charge is -2.34. The SMILES string of the molecule is CCCCCN(C(C)C)C(CNCC)COC. The zero-order chi connectivity index (χ0) is 13.1. The minimum Gasteiger partial charge on any atom is -0.383 e. The van der Waals surface area contributed by atoms with Gasteiger partial charge in [-0.25, -0.2) is 0 Å². The summed E-state index contributed by atoms with van der Waals surface area (Å²) in [7, 11) is 1.80. The molecule has 1 N–H and O–H groups in total. The predicted octanol–water partition coefficient (Wildman–Crippen LogP) is 2.51. The molecule has 3 heteroatoms. The van der Waals surface area contributed by atoms with Crippen LogP contribution in [0.2, 0.25) is 0 Å². The maximum absolute atomic E-state index is 5.36. The maximum atomic E-state index is 5.36. The zero-order valence-corrected chi connectivity index (χ0v) is 12.5. The Morgan fingerprint density at radius 1 is 1.18 bits per heavy atom. The Hall–Kier alpha value is -0.120. The molecular weight excluding hydrogens is 212 g/mol. The highest BCUT2D eigenvalue weighted by Crippen LogP contribution is 2.09. The normalized spacial score (nSPS) is 13.6. The van der Waals surface area contributed by atoms with Crippen molar-refractivity contribution in [2.75, 3.05) is 33.4 Å². The second kappa shape index (κ2) is 11.0. The lowest BCUT2D eigenvalue weighted by Crippen LogP contribution is -2.48. The summed E-state index contributed by atoms with van der Waals surface area (Å²) < 4.78 is 5.36. The molecule has 0 aliphatic carbocycles. The van der Waals surface area contributed by atoms with Crippen molar-refractivity contribution < 1.29 is 4.74 Å². The van der Waals surface area contributed by atoms with Gasteiger partial charge in [-0.15, -0.1) is 0 Å². The van der Waals surface area contributed by atoms with Gasteiger partial charge in [-0.2, -0.15) is 0 Å². The van der Waals surface area contributed by atoms with Gasteiger partial charge in [-0.05, 0) is 33.4 Å². The average Bonchev–Trinajstić information content (AvgIpc) is 2.30. The molecule has 0 aromatic heterocycles. The van der Waals surface area contributed by atoms with E-state index in [1.54, 1.807) is 7.11 Å². The Kier molecular flexibility index (Phi) is 10.9. The summed E-state index contributed by atoms with van der Waals surface area (Å²) in [5, 5.41) is 3.44. The maximum Gasteiger partial charge on any atom is 0.0630 e. The van der Waals surface area contributed by atoms with E-state index in [0.29, 0.717) is 12.1 Å². The van der Waals surface area contributed by atoms with Crippen LogP contribution < -0.4 is 5.32 Å². The summed E-state index contributed by atoms with van der Waals surface area (Å²) in [5.74, 6) is 0. The second-order valence-electron chi connectivity index (χ2n) is 4.96. The summed E-state index contributed by atoms with van der Waals surface area (Å²) in [6, 6.07) is 1.09. The summed E-state index contributed by atoms with van der Waals surface area (Å²) >= 11 is 0. The quantitative estimate of drug-likeness (QED) is 0.565. The molecule has 1 unspecified atom stereocenters. The minimum atomic E-state index is 0.497. The first-order valence-electron chi connectivity index (χ1n) is 7.12. The summed E-state index contributed by atoms with van der Waals surface area (Å²) in [6.45, 7) is 13.0. The largest absolute Gasteiger partial charge is 0.383 e. The summed E-state index contributed by atoms with van der Waals surface area (Å²) in [4.78, 5) is 2.57. The zero-order valence-electron chi connectivity index (χ0n) is 12.5. The van der Waals surface area contributed by atoms with Crippen LogP contribution in [-0.2, 0) is 4.74 Å². The lowest BCUT2D eigenvalue weighted by atomic mass is 10.1. The topological polar surface area (TPSA) is 24.5 Å². The first-order chi connectivity index (χ1) is 8.17.